The number of fused-ring (bicyclic) bond motifs is 4. The summed E-state index contributed by atoms with van der Waals surface area (Å²) in [4.78, 5) is 15.1. The summed E-state index contributed by atoms with van der Waals surface area (Å²) in [7, 11) is 1.97. The number of benzene rings is 2. The van der Waals surface area contributed by atoms with Crippen molar-refractivity contribution in [3.8, 4) is 17.0 Å². The van der Waals surface area contributed by atoms with Crippen molar-refractivity contribution in [1.29, 1.82) is 0 Å². The lowest BCUT2D eigenvalue weighted by Crippen LogP contribution is -2.49. The SMILES string of the molecule is Cc1cc(C(=O)N2CCC3(CC2)Oc2ccccc2-c2c3cnn2C)ccc1C(C)(C)O.[HH]. The number of carbonyl (C=O) groups is 1. The average molecular weight is 434 g/mol. The molecule has 6 heteroatoms. The summed E-state index contributed by atoms with van der Waals surface area (Å²) in [5, 5.41) is 14.8. The van der Waals surface area contributed by atoms with Gasteiger partial charge in [0.1, 0.15) is 11.4 Å². The van der Waals surface area contributed by atoms with Crippen LogP contribution in [0.2, 0.25) is 0 Å². The third-order valence-electron chi connectivity index (χ3n) is 6.87. The number of aromatic nitrogens is 2. The molecule has 1 N–H and O–H groups in total. The Balaban J connectivity index is 0.00000259. The maximum Gasteiger partial charge on any atom is 0.253 e. The van der Waals surface area contributed by atoms with E-state index in [0.29, 0.717) is 31.5 Å². The molecule has 2 aliphatic rings. The fourth-order valence-corrected chi connectivity index (χ4v) is 5.22. The van der Waals surface area contributed by atoms with Crippen LogP contribution in [0.3, 0.4) is 0 Å². The van der Waals surface area contributed by atoms with Gasteiger partial charge >= 0.3 is 0 Å². The second-order valence-electron chi connectivity index (χ2n) is 9.50. The quantitative estimate of drug-likeness (QED) is 0.651. The highest BCUT2D eigenvalue weighted by Crippen LogP contribution is 2.49. The molecule has 3 aromatic rings. The molecule has 1 saturated heterocycles. The zero-order valence-electron chi connectivity index (χ0n) is 19.1. The molecule has 1 fully saturated rings. The van der Waals surface area contributed by atoms with E-state index in [2.05, 4.69) is 11.2 Å². The van der Waals surface area contributed by atoms with Crippen molar-refractivity contribution < 1.29 is 16.1 Å². The first-order valence-corrected chi connectivity index (χ1v) is 11.1. The van der Waals surface area contributed by atoms with Crippen LogP contribution >= 0.6 is 0 Å². The number of hydrogen-bond acceptors (Lipinski definition) is 4. The van der Waals surface area contributed by atoms with Gasteiger partial charge in [0.05, 0.1) is 17.5 Å². The van der Waals surface area contributed by atoms with Crippen molar-refractivity contribution >= 4 is 5.91 Å². The normalized spacial score (nSPS) is 17.0. The number of carbonyl (C=O) groups excluding carboxylic acids is 1. The number of aryl methyl sites for hydroxylation is 2. The van der Waals surface area contributed by atoms with Crippen molar-refractivity contribution in [2.45, 2.75) is 44.8 Å². The minimum Gasteiger partial charge on any atom is -0.482 e. The van der Waals surface area contributed by atoms with Crippen molar-refractivity contribution in [2.24, 2.45) is 7.05 Å². The second kappa shape index (κ2) is 7.20. The first kappa shape index (κ1) is 20.8. The van der Waals surface area contributed by atoms with Gasteiger partial charge in [0.2, 0.25) is 0 Å². The van der Waals surface area contributed by atoms with Crippen LogP contribution in [0, 0.1) is 6.92 Å². The zero-order chi connectivity index (χ0) is 22.7. The van der Waals surface area contributed by atoms with E-state index in [4.69, 9.17) is 4.74 Å². The van der Waals surface area contributed by atoms with Gasteiger partial charge in [0, 0.05) is 51.1 Å². The Hall–Kier alpha value is -3.12. The Morgan fingerprint density at radius 3 is 2.59 bits per heavy atom. The van der Waals surface area contributed by atoms with Crippen LogP contribution in [-0.4, -0.2) is 38.8 Å². The Morgan fingerprint density at radius 1 is 1.19 bits per heavy atom. The van der Waals surface area contributed by atoms with Gasteiger partial charge < -0.3 is 14.7 Å². The van der Waals surface area contributed by atoms with Crippen LogP contribution in [0.4, 0.5) is 0 Å². The molecule has 0 aliphatic carbocycles. The van der Waals surface area contributed by atoms with Gasteiger partial charge in [-0.1, -0.05) is 18.2 Å². The summed E-state index contributed by atoms with van der Waals surface area (Å²) in [5.74, 6) is 0.897. The highest BCUT2D eigenvalue weighted by molar-refractivity contribution is 5.94. The number of aliphatic hydroxyl groups is 1. The molecule has 5 rings (SSSR count). The monoisotopic (exact) mass is 433 g/mol. The number of piperidine rings is 1. The molecule has 3 heterocycles. The fraction of sp³-hybridized carbons (Fsp3) is 0.385. The van der Waals surface area contributed by atoms with Crippen molar-refractivity contribution in [1.82, 2.24) is 14.7 Å². The lowest BCUT2D eigenvalue weighted by atomic mass is 9.81. The third-order valence-corrected chi connectivity index (χ3v) is 6.87. The molecule has 1 aromatic heterocycles. The predicted octanol–water partition coefficient (Wildman–Crippen LogP) is 4.39. The van der Waals surface area contributed by atoms with E-state index in [0.717, 1.165) is 33.7 Å². The van der Waals surface area contributed by atoms with E-state index >= 15 is 0 Å². The standard InChI is InChI=1S/C26H29N3O3.H2/c1-17-15-18(9-10-20(17)25(2,3)31)24(30)29-13-11-26(12-14-29)21-16-27-28(4)23(21)19-7-5-6-8-22(19)32-26;/h5-10,15-16,31H,11-14H2,1-4H3;1H. The summed E-state index contributed by atoms with van der Waals surface area (Å²) < 4.78 is 8.51. The summed E-state index contributed by atoms with van der Waals surface area (Å²) in [5.41, 5.74) is 4.29. The van der Waals surface area contributed by atoms with Gasteiger partial charge in [-0.3, -0.25) is 9.48 Å². The molecule has 0 atom stereocenters. The maximum absolute atomic E-state index is 13.2. The van der Waals surface area contributed by atoms with Crippen LogP contribution in [0.25, 0.3) is 11.3 Å². The van der Waals surface area contributed by atoms with Gasteiger partial charge in [-0.15, -0.1) is 0 Å². The predicted molar refractivity (Wildman–Crippen MR) is 125 cm³/mol. The lowest BCUT2D eigenvalue weighted by Gasteiger charge is -2.44. The molecule has 0 bridgehead atoms. The lowest BCUT2D eigenvalue weighted by molar-refractivity contribution is -0.00174. The highest BCUT2D eigenvalue weighted by Gasteiger charge is 2.45. The fourth-order valence-electron chi connectivity index (χ4n) is 5.22. The van der Waals surface area contributed by atoms with E-state index in [1.165, 1.54) is 0 Å². The van der Waals surface area contributed by atoms with Crippen LogP contribution in [0.15, 0.2) is 48.7 Å². The Bertz CT molecular complexity index is 1200. The number of likely N-dealkylation sites (tertiary alicyclic amines) is 1. The summed E-state index contributed by atoms with van der Waals surface area (Å²) in [6.07, 6.45) is 3.35. The van der Waals surface area contributed by atoms with Crippen LogP contribution in [0.1, 0.15) is 55.2 Å². The summed E-state index contributed by atoms with van der Waals surface area (Å²) >= 11 is 0. The highest BCUT2D eigenvalue weighted by atomic mass is 16.5. The number of ether oxygens (including phenoxy) is 1. The second-order valence-corrected chi connectivity index (χ2v) is 9.50. The molecule has 0 radical (unpaired) electrons. The Labute approximate surface area is 189 Å². The van der Waals surface area contributed by atoms with Crippen molar-refractivity contribution in [3.63, 3.8) is 0 Å². The van der Waals surface area contributed by atoms with E-state index in [9.17, 15) is 9.90 Å². The molecule has 1 amide bonds. The Morgan fingerprint density at radius 2 is 1.91 bits per heavy atom. The molecule has 1 spiro atoms. The molecule has 0 saturated carbocycles. The first-order valence-electron chi connectivity index (χ1n) is 11.1. The van der Waals surface area contributed by atoms with Gasteiger partial charge in [0.25, 0.3) is 5.91 Å². The smallest absolute Gasteiger partial charge is 0.253 e. The minimum absolute atomic E-state index is 0. The number of nitrogens with zero attached hydrogens (tertiary/aromatic N) is 3. The van der Waals surface area contributed by atoms with E-state index in [1.807, 2.05) is 66.1 Å². The van der Waals surface area contributed by atoms with Gasteiger partial charge in [-0.05, 0) is 56.2 Å². The summed E-state index contributed by atoms with van der Waals surface area (Å²) in [6.45, 7) is 6.68. The molecule has 2 aromatic carbocycles. The molecule has 168 valence electrons. The summed E-state index contributed by atoms with van der Waals surface area (Å²) in [6, 6.07) is 13.7. The molecular formula is C26H31N3O3. The molecule has 2 aliphatic heterocycles. The van der Waals surface area contributed by atoms with Gasteiger partial charge in [-0.2, -0.15) is 5.10 Å². The van der Waals surface area contributed by atoms with Crippen molar-refractivity contribution in [2.75, 3.05) is 13.1 Å². The number of amides is 1. The third kappa shape index (κ3) is 3.21. The van der Waals surface area contributed by atoms with Crippen molar-refractivity contribution in [3.05, 3.63) is 70.9 Å². The molecular weight excluding hydrogens is 402 g/mol. The average Bonchev–Trinajstić information content (AvgIpc) is 3.16. The van der Waals surface area contributed by atoms with Crippen LogP contribution in [-0.2, 0) is 18.2 Å². The zero-order valence-corrected chi connectivity index (χ0v) is 19.1. The van der Waals surface area contributed by atoms with E-state index < -0.39 is 11.2 Å². The maximum atomic E-state index is 13.2. The molecule has 0 unspecified atom stereocenters. The number of rotatable bonds is 2. The largest absolute Gasteiger partial charge is 0.482 e. The van der Waals surface area contributed by atoms with E-state index in [1.54, 1.807) is 13.8 Å². The van der Waals surface area contributed by atoms with E-state index in [-0.39, 0.29) is 7.33 Å². The van der Waals surface area contributed by atoms with Gasteiger partial charge in [-0.25, -0.2) is 0 Å². The Kier molecular flexibility index (Phi) is 4.67. The van der Waals surface area contributed by atoms with Crippen LogP contribution in [0.5, 0.6) is 5.75 Å². The van der Waals surface area contributed by atoms with Crippen LogP contribution < -0.4 is 4.74 Å². The van der Waals surface area contributed by atoms with Gasteiger partial charge in [0.15, 0.2) is 0 Å². The molecule has 32 heavy (non-hydrogen) atoms. The molecule has 6 nitrogen and oxygen atoms in total. The topological polar surface area (TPSA) is 67.6 Å². The first-order chi connectivity index (χ1) is 15.2. The minimum atomic E-state index is -0.931. The number of hydrogen-bond donors (Lipinski definition) is 1. The number of para-hydroxylation sites is 1.